The number of carbonyl (C=O) groups excluding carboxylic acids is 1. The number of hydrogen-bond donors (Lipinski definition) is 1. The van der Waals surface area contributed by atoms with E-state index in [2.05, 4.69) is 47.2 Å². The molecule has 0 aliphatic heterocycles. The Bertz CT molecular complexity index is 457. The maximum atomic E-state index is 12.0. The molecule has 0 heterocycles. The van der Waals surface area contributed by atoms with Crippen LogP contribution >= 0.6 is 40.1 Å². The molecule has 1 aromatic rings. The Labute approximate surface area is 140 Å². The van der Waals surface area contributed by atoms with Crippen LogP contribution in [-0.4, -0.2) is 43.7 Å². The van der Waals surface area contributed by atoms with Gasteiger partial charge in [-0.15, -0.1) is 24.2 Å². The topological polar surface area (TPSA) is 32.3 Å². The van der Waals surface area contributed by atoms with E-state index >= 15 is 0 Å². The van der Waals surface area contributed by atoms with Gasteiger partial charge in [0.15, 0.2) is 0 Å². The Hall–Kier alpha value is -0.230. The van der Waals surface area contributed by atoms with Crippen molar-refractivity contribution in [2.75, 3.05) is 32.9 Å². The predicted octanol–water partition coefficient (Wildman–Crippen LogP) is 3.26. The lowest BCUT2D eigenvalue weighted by Gasteiger charge is -2.17. The number of benzene rings is 1. The fourth-order valence-corrected chi connectivity index (χ4v) is 3.07. The molecule has 20 heavy (non-hydrogen) atoms. The summed E-state index contributed by atoms with van der Waals surface area (Å²) in [4.78, 5) is 14.9. The molecule has 1 N–H and O–H groups in total. The molecule has 0 spiro atoms. The SMILES string of the molecule is CNCCN(C)C(=O)CSc1cc(C)c(Br)cc1C.Cl. The summed E-state index contributed by atoms with van der Waals surface area (Å²) in [5.74, 6) is 0.655. The lowest BCUT2D eigenvalue weighted by atomic mass is 10.2. The van der Waals surface area contributed by atoms with Crippen LogP contribution in [0.2, 0.25) is 0 Å². The molecule has 0 aliphatic rings. The average molecular weight is 382 g/mol. The van der Waals surface area contributed by atoms with E-state index in [-0.39, 0.29) is 18.3 Å². The fourth-order valence-electron chi connectivity index (χ4n) is 1.56. The molecule has 0 bridgehead atoms. The fraction of sp³-hybridized carbons (Fsp3) is 0.500. The zero-order valence-electron chi connectivity index (χ0n) is 12.3. The highest BCUT2D eigenvalue weighted by atomic mass is 79.9. The maximum absolute atomic E-state index is 12.0. The van der Waals surface area contributed by atoms with Gasteiger partial charge in [-0.2, -0.15) is 0 Å². The van der Waals surface area contributed by atoms with Crippen molar-refractivity contribution in [1.29, 1.82) is 0 Å². The van der Waals surface area contributed by atoms with Gasteiger partial charge < -0.3 is 10.2 Å². The van der Waals surface area contributed by atoms with Gasteiger partial charge in [0.25, 0.3) is 0 Å². The average Bonchev–Trinajstić information content (AvgIpc) is 2.38. The van der Waals surface area contributed by atoms with Gasteiger partial charge in [-0.1, -0.05) is 15.9 Å². The van der Waals surface area contributed by atoms with Crippen LogP contribution in [0.3, 0.4) is 0 Å². The van der Waals surface area contributed by atoms with Crippen LogP contribution in [0.25, 0.3) is 0 Å². The van der Waals surface area contributed by atoms with E-state index in [0.29, 0.717) is 5.75 Å². The van der Waals surface area contributed by atoms with E-state index in [1.807, 2.05) is 14.1 Å². The molecule has 0 radical (unpaired) electrons. The van der Waals surface area contributed by atoms with E-state index in [1.165, 1.54) is 16.0 Å². The molecular formula is C14H22BrClN2OS. The van der Waals surface area contributed by atoms with Gasteiger partial charge in [-0.05, 0) is 44.2 Å². The van der Waals surface area contributed by atoms with Crippen molar-refractivity contribution in [2.24, 2.45) is 0 Å². The van der Waals surface area contributed by atoms with Crippen LogP contribution in [0.4, 0.5) is 0 Å². The van der Waals surface area contributed by atoms with E-state index in [4.69, 9.17) is 0 Å². The quantitative estimate of drug-likeness (QED) is 0.768. The number of hydrogen-bond acceptors (Lipinski definition) is 3. The maximum Gasteiger partial charge on any atom is 0.232 e. The number of amides is 1. The number of likely N-dealkylation sites (N-methyl/N-ethyl adjacent to an activating group) is 2. The molecule has 3 nitrogen and oxygen atoms in total. The second kappa shape index (κ2) is 9.66. The summed E-state index contributed by atoms with van der Waals surface area (Å²) in [6, 6.07) is 4.23. The summed E-state index contributed by atoms with van der Waals surface area (Å²) >= 11 is 5.13. The van der Waals surface area contributed by atoms with Crippen LogP contribution < -0.4 is 5.32 Å². The molecule has 0 unspecified atom stereocenters. The Balaban J connectivity index is 0.00000361. The Morgan fingerprint density at radius 2 is 2.00 bits per heavy atom. The molecule has 0 fully saturated rings. The molecule has 1 rings (SSSR count). The Morgan fingerprint density at radius 3 is 2.60 bits per heavy atom. The predicted molar refractivity (Wildman–Crippen MR) is 93.2 cm³/mol. The number of carbonyl (C=O) groups is 1. The standard InChI is InChI=1S/C14H21BrN2OS.ClH/c1-10-8-13(11(2)7-12(10)15)19-9-14(18)17(4)6-5-16-3;/h7-8,16H,5-6,9H2,1-4H3;1H. The first-order chi connectivity index (χ1) is 8.95. The van der Waals surface area contributed by atoms with Crippen LogP contribution in [0.5, 0.6) is 0 Å². The van der Waals surface area contributed by atoms with Gasteiger partial charge in [-0.3, -0.25) is 4.79 Å². The number of nitrogens with zero attached hydrogens (tertiary/aromatic N) is 1. The van der Waals surface area contributed by atoms with Crippen molar-refractivity contribution in [2.45, 2.75) is 18.7 Å². The van der Waals surface area contributed by atoms with E-state index < -0.39 is 0 Å². The van der Waals surface area contributed by atoms with Crippen molar-refractivity contribution in [3.63, 3.8) is 0 Å². The second-order valence-electron chi connectivity index (χ2n) is 4.57. The number of aryl methyl sites for hydroxylation is 2. The van der Waals surface area contributed by atoms with Gasteiger partial charge in [0.2, 0.25) is 5.91 Å². The molecule has 0 atom stereocenters. The minimum atomic E-state index is 0. The number of thioether (sulfide) groups is 1. The summed E-state index contributed by atoms with van der Waals surface area (Å²) in [5.41, 5.74) is 2.40. The van der Waals surface area contributed by atoms with Crippen molar-refractivity contribution in [1.82, 2.24) is 10.2 Å². The van der Waals surface area contributed by atoms with Gasteiger partial charge in [0, 0.05) is 29.5 Å². The lowest BCUT2D eigenvalue weighted by molar-refractivity contribution is -0.127. The second-order valence-corrected chi connectivity index (χ2v) is 6.45. The number of rotatable bonds is 6. The Morgan fingerprint density at radius 1 is 1.35 bits per heavy atom. The van der Waals surface area contributed by atoms with Crippen LogP contribution in [0.15, 0.2) is 21.5 Å². The largest absolute Gasteiger partial charge is 0.344 e. The molecule has 114 valence electrons. The molecule has 1 aromatic carbocycles. The first kappa shape index (κ1) is 19.8. The Kier molecular flexibility index (Phi) is 9.55. The van der Waals surface area contributed by atoms with Crippen LogP contribution in [0, 0.1) is 13.8 Å². The summed E-state index contributed by atoms with van der Waals surface area (Å²) < 4.78 is 1.12. The van der Waals surface area contributed by atoms with Gasteiger partial charge in [0.05, 0.1) is 5.75 Å². The monoisotopic (exact) mass is 380 g/mol. The minimum absolute atomic E-state index is 0. The molecule has 0 aliphatic carbocycles. The normalized spacial score (nSPS) is 10.1. The van der Waals surface area contributed by atoms with Gasteiger partial charge >= 0.3 is 0 Å². The third-order valence-electron chi connectivity index (χ3n) is 2.93. The first-order valence-corrected chi connectivity index (χ1v) is 8.01. The van der Waals surface area contributed by atoms with Crippen LogP contribution in [-0.2, 0) is 4.79 Å². The highest BCUT2D eigenvalue weighted by Gasteiger charge is 2.10. The number of halogens is 2. The van der Waals surface area contributed by atoms with E-state index in [0.717, 1.165) is 17.6 Å². The summed E-state index contributed by atoms with van der Waals surface area (Å²) in [6.07, 6.45) is 0. The van der Waals surface area contributed by atoms with Crippen molar-refractivity contribution in [3.8, 4) is 0 Å². The van der Waals surface area contributed by atoms with Crippen molar-refractivity contribution in [3.05, 3.63) is 27.7 Å². The van der Waals surface area contributed by atoms with Gasteiger partial charge in [-0.25, -0.2) is 0 Å². The molecule has 1 amide bonds. The zero-order valence-corrected chi connectivity index (χ0v) is 15.5. The third kappa shape index (κ3) is 6.04. The van der Waals surface area contributed by atoms with E-state index in [9.17, 15) is 4.79 Å². The minimum Gasteiger partial charge on any atom is -0.344 e. The summed E-state index contributed by atoms with van der Waals surface area (Å²) in [7, 11) is 3.74. The number of nitrogens with one attached hydrogen (secondary N) is 1. The molecular weight excluding hydrogens is 360 g/mol. The van der Waals surface area contributed by atoms with Gasteiger partial charge in [0.1, 0.15) is 0 Å². The summed E-state index contributed by atoms with van der Waals surface area (Å²) in [5, 5.41) is 3.04. The molecule has 0 aromatic heterocycles. The highest BCUT2D eigenvalue weighted by molar-refractivity contribution is 9.10. The summed E-state index contributed by atoms with van der Waals surface area (Å²) in [6.45, 7) is 5.70. The molecule has 0 saturated heterocycles. The van der Waals surface area contributed by atoms with Crippen molar-refractivity contribution < 1.29 is 4.79 Å². The molecule has 6 heteroatoms. The highest BCUT2D eigenvalue weighted by Crippen LogP contribution is 2.28. The lowest BCUT2D eigenvalue weighted by Crippen LogP contribution is -2.33. The smallest absolute Gasteiger partial charge is 0.232 e. The van der Waals surface area contributed by atoms with Crippen molar-refractivity contribution >= 4 is 46.0 Å². The zero-order chi connectivity index (χ0) is 14.4. The molecule has 0 saturated carbocycles. The van der Waals surface area contributed by atoms with Crippen LogP contribution in [0.1, 0.15) is 11.1 Å². The third-order valence-corrected chi connectivity index (χ3v) is 4.93. The first-order valence-electron chi connectivity index (χ1n) is 6.23. The van der Waals surface area contributed by atoms with E-state index in [1.54, 1.807) is 16.7 Å².